The fraction of sp³-hybridized carbons (Fsp3) is 0.333. The van der Waals surface area contributed by atoms with Crippen LogP contribution in [0.25, 0.3) is 10.9 Å². The molecule has 0 saturated heterocycles. The van der Waals surface area contributed by atoms with Gasteiger partial charge in [-0.1, -0.05) is 24.3 Å². The molecule has 18 heavy (non-hydrogen) atoms. The number of nitrogens with one attached hydrogen (secondary N) is 1. The second kappa shape index (κ2) is 5.39. The first-order chi connectivity index (χ1) is 8.72. The lowest BCUT2D eigenvalue weighted by atomic mass is 10.2. The van der Waals surface area contributed by atoms with Crippen LogP contribution in [0.1, 0.15) is 13.3 Å². The summed E-state index contributed by atoms with van der Waals surface area (Å²) in [7, 11) is 0. The predicted octanol–water partition coefficient (Wildman–Crippen LogP) is 0.318. The third kappa shape index (κ3) is 2.53. The molecule has 0 fully saturated rings. The number of nitrogens with zero attached hydrogens (tertiary/aromatic N) is 3. The van der Waals surface area contributed by atoms with Gasteiger partial charge in [0.2, 0.25) is 5.91 Å². The molecule has 0 bridgehead atoms. The molecule has 1 aromatic heterocycles. The summed E-state index contributed by atoms with van der Waals surface area (Å²) in [5.41, 5.74) is 0.236. The molecule has 0 radical (unpaired) electrons. The number of hydrogen-bond acceptors (Lipinski definition) is 4. The lowest BCUT2D eigenvalue weighted by molar-refractivity contribution is -0.121. The molecule has 0 saturated carbocycles. The number of benzene rings is 1. The van der Waals surface area contributed by atoms with Crippen molar-refractivity contribution in [1.82, 2.24) is 20.3 Å². The molecule has 1 N–H and O–H groups in total. The number of amides is 1. The molecule has 0 aliphatic carbocycles. The van der Waals surface area contributed by atoms with E-state index >= 15 is 0 Å². The van der Waals surface area contributed by atoms with E-state index in [2.05, 4.69) is 15.6 Å². The predicted molar refractivity (Wildman–Crippen MR) is 67.1 cm³/mol. The molecule has 2 rings (SSSR count). The summed E-state index contributed by atoms with van der Waals surface area (Å²) < 4.78 is 1.08. The largest absolute Gasteiger partial charge is 0.355 e. The maximum atomic E-state index is 12.0. The van der Waals surface area contributed by atoms with Crippen molar-refractivity contribution >= 4 is 16.8 Å². The van der Waals surface area contributed by atoms with E-state index < -0.39 is 0 Å². The summed E-state index contributed by atoms with van der Waals surface area (Å²) in [6, 6.07) is 6.93. The van der Waals surface area contributed by atoms with Gasteiger partial charge in [-0.15, -0.1) is 5.10 Å². The molecule has 2 aromatic rings. The van der Waals surface area contributed by atoms with Gasteiger partial charge in [-0.3, -0.25) is 9.59 Å². The van der Waals surface area contributed by atoms with Crippen LogP contribution in [0.5, 0.6) is 0 Å². The van der Waals surface area contributed by atoms with Crippen LogP contribution < -0.4 is 10.9 Å². The van der Waals surface area contributed by atoms with Gasteiger partial charge in [0.15, 0.2) is 0 Å². The van der Waals surface area contributed by atoms with E-state index in [9.17, 15) is 9.59 Å². The molecular formula is C12H14N4O2. The first-order valence-electron chi connectivity index (χ1n) is 5.81. The van der Waals surface area contributed by atoms with Gasteiger partial charge in [0, 0.05) is 6.54 Å². The highest BCUT2D eigenvalue weighted by atomic mass is 16.2. The fourth-order valence-corrected chi connectivity index (χ4v) is 1.58. The Kier molecular flexibility index (Phi) is 3.66. The van der Waals surface area contributed by atoms with Gasteiger partial charge in [-0.2, -0.15) is 0 Å². The van der Waals surface area contributed by atoms with Crippen LogP contribution in [-0.2, 0) is 11.3 Å². The topological polar surface area (TPSA) is 76.9 Å². The van der Waals surface area contributed by atoms with Crippen LogP contribution in [-0.4, -0.2) is 27.4 Å². The van der Waals surface area contributed by atoms with E-state index in [1.54, 1.807) is 24.3 Å². The van der Waals surface area contributed by atoms with Crippen LogP contribution in [0, 0.1) is 0 Å². The minimum Gasteiger partial charge on any atom is -0.355 e. The van der Waals surface area contributed by atoms with Crippen molar-refractivity contribution in [1.29, 1.82) is 0 Å². The van der Waals surface area contributed by atoms with E-state index in [1.807, 2.05) is 6.92 Å². The van der Waals surface area contributed by atoms with E-state index in [4.69, 9.17) is 0 Å². The highest BCUT2D eigenvalue weighted by molar-refractivity contribution is 5.78. The second-order valence-corrected chi connectivity index (χ2v) is 3.92. The number of hydrogen-bond donors (Lipinski definition) is 1. The van der Waals surface area contributed by atoms with Crippen molar-refractivity contribution in [3.05, 3.63) is 34.6 Å². The summed E-state index contributed by atoms with van der Waals surface area (Å²) in [6.07, 6.45) is 0.851. The molecule has 1 aromatic carbocycles. The Balaban J connectivity index is 2.27. The van der Waals surface area contributed by atoms with Crippen molar-refractivity contribution in [2.45, 2.75) is 19.9 Å². The number of carbonyl (C=O) groups excluding carboxylic acids is 1. The van der Waals surface area contributed by atoms with Crippen molar-refractivity contribution in [3.63, 3.8) is 0 Å². The highest BCUT2D eigenvalue weighted by Gasteiger charge is 2.08. The first kappa shape index (κ1) is 12.2. The molecule has 1 heterocycles. The van der Waals surface area contributed by atoms with Crippen LogP contribution in [0.3, 0.4) is 0 Å². The molecule has 0 aliphatic heterocycles. The van der Waals surface area contributed by atoms with Crippen molar-refractivity contribution < 1.29 is 4.79 Å². The molecule has 6 heteroatoms. The molecule has 1 amide bonds. The molecule has 0 unspecified atom stereocenters. The zero-order valence-electron chi connectivity index (χ0n) is 10.1. The number of carbonyl (C=O) groups is 1. The van der Waals surface area contributed by atoms with Crippen molar-refractivity contribution in [2.24, 2.45) is 0 Å². The second-order valence-electron chi connectivity index (χ2n) is 3.92. The van der Waals surface area contributed by atoms with Gasteiger partial charge in [0.05, 0.1) is 5.39 Å². The van der Waals surface area contributed by atoms with Crippen LogP contribution in [0.15, 0.2) is 29.1 Å². The van der Waals surface area contributed by atoms with Gasteiger partial charge in [-0.25, -0.2) is 4.68 Å². The standard InChI is InChI=1S/C12H14N4O2/c1-2-7-13-11(17)8-16-12(18)9-5-3-4-6-10(9)14-15-16/h3-6H,2,7-8H2,1H3,(H,13,17). The summed E-state index contributed by atoms with van der Waals surface area (Å²) in [5, 5.41) is 10.8. The van der Waals surface area contributed by atoms with Crippen LogP contribution in [0.4, 0.5) is 0 Å². The fourth-order valence-electron chi connectivity index (χ4n) is 1.58. The Hall–Kier alpha value is -2.24. The first-order valence-corrected chi connectivity index (χ1v) is 5.81. The quantitative estimate of drug-likeness (QED) is 0.842. The van der Waals surface area contributed by atoms with E-state index in [1.165, 1.54) is 0 Å². The normalized spacial score (nSPS) is 10.5. The maximum absolute atomic E-state index is 12.0. The molecule has 6 nitrogen and oxygen atoms in total. The number of aromatic nitrogens is 3. The lowest BCUT2D eigenvalue weighted by Gasteiger charge is -2.05. The van der Waals surface area contributed by atoms with Gasteiger partial charge in [0.25, 0.3) is 5.56 Å². The smallest absolute Gasteiger partial charge is 0.278 e. The van der Waals surface area contributed by atoms with Crippen LogP contribution >= 0.6 is 0 Å². The van der Waals surface area contributed by atoms with E-state index in [0.717, 1.165) is 11.1 Å². The zero-order valence-corrected chi connectivity index (χ0v) is 10.1. The third-order valence-corrected chi connectivity index (χ3v) is 2.49. The Morgan fingerprint density at radius 2 is 2.17 bits per heavy atom. The monoisotopic (exact) mass is 246 g/mol. The maximum Gasteiger partial charge on any atom is 0.278 e. The minimum atomic E-state index is -0.299. The van der Waals surface area contributed by atoms with E-state index in [0.29, 0.717) is 17.4 Å². The Morgan fingerprint density at radius 1 is 1.39 bits per heavy atom. The molecular weight excluding hydrogens is 232 g/mol. The van der Waals surface area contributed by atoms with Gasteiger partial charge < -0.3 is 5.32 Å². The summed E-state index contributed by atoms with van der Waals surface area (Å²) in [4.78, 5) is 23.5. The zero-order chi connectivity index (χ0) is 13.0. The Bertz CT molecular complexity index is 621. The van der Waals surface area contributed by atoms with E-state index in [-0.39, 0.29) is 18.0 Å². The Labute approximate surface area is 104 Å². The van der Waals surface area contributed by atoms with Crippen molar-refractivity contribution in [3.8, 4) is 0 Å². The van der Waals surface area contributed by atoms with Gasteiger partial charge >= 0.3 is 0 Å². The summed E-state index contributed by atoms with van der Waals surface area (Å²) in [6.45, 7) is 2.45. The minimum absolute atomic E-state index is 0.101. The third-order valence-electron chi connectivity index (χ3n) is 2.49. The Morgan fingerprint density at radius 3 is 2.94 bits per heavy atom. The lowest BCUT2D eigenvalue weighted by Crippen LogP contribution is -2.34. The average Bonchev–Trinajstić information content (AvgIpc) is 2.40. The summed E-state index contributed by atoms with van der Waals surface area (Å²) in [5.74, 6) is -0.233. The molecule has 0 atom stereocenters. The van der Waals surface area contributed by atoms with Gasteiger partial charge in [-0.05, 0) is 18.6 Å². The molecule has 94 valence electrons. The SMILES string of the molecule is CCCNC(=O)Cn1nnc2ccccc2c1=O. The highest BCUT2D eigenvalue weighted by Crippen LogP contribution is 2.02. The molecule has 0 spiro atoms. The molecule has 0 aliphatic rings. The average molecular weight is 246 g/mol. The number of rotatable bonds is 4. The van der Waals surface area contributed by atoms with Gasteiger partial charge in [0.1, 0.15) is 12.1 Å². The number of fused-ring (bicyclic) bond motifs is 1. The van der Waals surface area contributed by atoms with Crippen LogP contribution in [0.2, 0.25) is 0 Å². The van der Waals surface area contributed by atoms with Crippen molar-refractivity contribution in [2.75, 3.05) is 6.54 Å². The summed E-state index contributed by atoms with van der Waals surface area (Å²) >= 11 is 0.